The van der Waals surface area contributed by atoms with Crippen molar-refractivity contribution in [2.45, 2.75) is 58.0 Å². The van der Waals surface area contributed by atoms with E-state index in [4.69, 9.17) is 5.11 Å². The van der Waals surface area contributed by atoms with E-state index in [0.29, 0.717) is 25.7 Å². The third-order valence-corrected chi connectivity index (χ3v) is 2.39. The number of amides is 1. The van der Waals surface area contributed by atoms with E-state index < -0.39 is 12.0 Å². The molecule has 0 heterocycles. The van der Waals surface area contributed by atoms with Gasteiger partial charge in [0.05, 0.1) is 0 Å². The summed E-state index contributed by atoms with van der Waals surface area (Å²) in [6.07, 6.45) is 2.13. The molecular formula is C13H24N2O4. The molecule has 0 aliphatic heterocycles. The molecule has 110 valence electrons. The highest BCUT2D eigenvalue weighted by Gasteiger charge is 2.22. The maximum absolute atomic E-state index is 11.2. The predicted octanol–water partition coefficient (Wildman–Crippen LogP) is 0.703. The van der Waals surface area contributed by atoms with Crippen LogP contribution < -0.4 is 10.6 Å². The predicted molar refractivity (Wildman–Crippen MR) is 71.9 cm³/mol. The van der Waals surface area contributed by atoms with Crippen molar-refractivity contribution in [2.75, 3.05) is 6.54 Å². The number of carboxylic acid groups (broad SMARTS) is 1. The Morgan fingerprint density at radius 1 is 1.32 bits per heavy atom. The van der Waals surface area contributed by atoms with Crippen LogP contribution in [-0.4, -0.2) is 41.4 Å². The van der Waals surface area contributed by atoms with Crippen molar-refractivity contribution in [3.8, 4) is 0 Å². The van der Waals surface area contributed by atoms with Gasteiger partial charge in [-0.3, -0.25) is 14.9 Å². The summed E-state index contributed by atoms with van der Waals surface area (Å²) in [6.45, 7) is 6.14. The van der Waals surface area contributed by atoms with Gasteiger partial charge in [0.2, 0.25) is 5.91 Å². The standard InChI is InChI=1S/C13H24N2O4/c1-13(2,3)15-10(12(18)19)6-4-8-14-11(17)7-5-9-16/h9-10,15H,4-8H2,1-3H3,(H,14,17)(H,18,19). The molecule has 6 nitrogen and oxygen atoms in total. The lowest BCUT2D eigenvalue weighted by molar-refractivity contribution is -0.140. The van der Waals surface area contributed by atoms with Gasteiger partial charge in [-0.2, -0.15) is 0 Å². The van der Waals surface area contributed by atoms with Gasteiger partial charge in [-0.15, -0.1) is 0 Å². The molecule has 0 rings (SSSR count). The topological polar surface area (TPSA) is 95.5 Å². The van der Waals surface area contributed by atoms with E-state index in [1.165, 1.54) is 0 Å². The van der Waals surface area contributed by atoms with Crippen molar-refractivity contribution in [2.24, 2.45) is 0 Å². The van der Waals surface area contributed by atoms with E-state index in [1.807, 2.05) is 20.8 Å². The molecule has 0 bridgehead atoms. The highest BCUT2D eigenvalue weighted by molar-refractivity contribution is 5.78. The molecule has 0 spiro atoms. The smallest absolute Gasteiger partial charge is 0.320 e. The molecular weight excluding hydrogens is 248 g/mol. The van der Waals surface area contributed by atoms with E-state index in [2.05, 4.69) is 10.6 Å². The fraction of sp³-hybridized carbons (Fsp3) is 0.769. The summed E-state index contributed by atoms with van der Waals surface area (Å²) in [7, 11) is 0. The molecule has 1 unspecified atom stereocenters. The monoisotopic (exact) mass is 272 g/mol. The minimum absolute atomic E-state index is 0.178. The summed E-state index contributed by atoms with van der Waals surface area (Å²) in [5, 5.41) is 14.7. The lowest BCUT2D eigenvalue weighted by Crippen LogP contribution is -2.48. The molecule has 0 aliphatic carbocycles. The average molecular weight is 272 g/mol. The number of carbonyl (C=O) groups excluding carboxylic acids is 2. The molecule has 0 fully saturated rings. The Labute approximate surface area is 113 Å². The third-order valence-electron chi connectivity index (χ3n) is 2.39. The lowest BCUT2D eigenvalue weighted by Gasteiger charge is -2.26. The molecule has 0 aromatic carbocycles. The third kappa shape index (κ3) is 10.2. The van der Waals surface area contributed by atoms with Crippen LogP contribution in [-0.2, 0) is 14.4 Å². The summed E-state index contributed by atoms with van der Waals surface area (Å²) >= 11 is 0. The summed E-state index contributed by atoms with van der Waals surface area (Å²) in [6, 6.07) is -0.619. The first-order valence-electron chi connectivity index (χ1n) is 6.47. The first kappa shape index (κ1) is 17.6. The van der Waals surface area contributed by atoms with Crippen molar-refractivity contribution in [1.82, 2.24) is 10.6 Å². The minimum atomic E-state index is -0.887. The lowest BCUT2D eigenvalue weighted by atomic mass is 10.0. The zero-order chi connectivity index (χ0) is 14.9. The molecule has 3 N–H and O–H groups in total. The van der Waals surface area contributed by atoms with Crippen molar-refractivity contribution < 1.29 is 19.5 Å². The number of carboxylic acids is 1. The van der Waals surface area contributed by atoms with Gasteiger partial charge in [-0.25, -0.2) is 0 Å². The normalized spacial score (nSPS) is 12.8. The molecule has 19 heavy (non-hydrogen) atoms. The number of aldehydes is 1. The van der Waals surface area contributed by atoms with Gasteiger partial charge < -0.3 is 15.2 Å². The number of aliphatic carboxylic acids is 1. The molecule has 0 aliphatic rings. The highest BCUT2D eigenvalue weighted by Crippen LogP contribution is 2.06. The van der Waals surface area contributed by atoms with E-state index in [0.717, 1.165) is 0 Å². The van der Waals surface area contributed by atoms with Crippen molar-refractivity contribution in [3.05, 3.63) is 0 Å². The molecule has 0 aromatic rings. The number of hydrogen-bond donors (Lipinski definition) is 3. The molecule has 0 radical (unpaired) electrons. The van der Waals surface area contributed by atoms with Crippen LogP contribution in [0.25, 0.3) is 0 Å². The van der Waals surface area contributed by atoms with Gasteiger partial charge >= 0.3 is 5.97 Å². The summed E-state index contributed by atoms with van der Waals surface area (Å²) in [5.41, 5.74) is -0.268. The van der Waals surface area contributed by atoms with Gasteiger partial charge in [0.15, 0.2) is 0 Å². The second-order valence-electron chi connectivity index (χ2n) is 5.48. The van der Waals surface area contributed by atoms with E-state index in [1.54, 1.807) is 0 Å². The van der Waals surface area contributed by atoms with Crippen molar-refractivity contribution >= 4 is 18.2 Å². The van der Waals surface area contributed by atoms with Crippen LogP contribution in [0.15, 0.2) is 0 Å². The number of nitrogens with one attached hydrogen (secondary N) is 2. The molecule has 6 heteroatoms. The Kier molecular flexibility index (Phi) is 7.98. The fourth-order valence-electron chi connectivity index (χ4n) is 1.59. The molecule has 1 atom stereocenters. The summed E-state index contributed by atoms with van der Waals surface area (Å²) in [4.78, 5) is 32.3. The number of hydrogen-bond acceptors (Lipinski definition) is 4. The molecule has 1 amide bonds. The van der Waals surface area contributed by atoms with Crippen LogP contribution in [0.5, 0.6) is 0 Å². The van der Waals surface area contributed by atoms with Crippen LogP contribution in [0.2, 0.25) is 0 Å². The van der Waals surface area contributed by atoms with Gasteiger partial charge in [0.25, 0.3) is 0 Å². The maximum Gasteiger partial charge on any atom is 0.320 e. The van der Waals surface area contributed by atoms with Gasteiger partial charge in [0, 0.05) is 24.9 Å². The Morgan fingerprint density at radius 2 is 1.95 bits per heavy atom. The van der Waals surface area contributed by atoms with Gasteiger partial charge in [0.1, 0.15) is 12.3 Å². The van der Waals surface area contributed by atoms with Crippen molar-refractivity contribution in [1.29, 1.82) is 0 Å². The first-order valence-corrected chi connectivity index (χ1v) is 6.47. The zero-order valence-electron chi connectivity index (χ0n) is 11.9. The quantitative estimate of drug-likeness (QED) is 0.424. The highest BCUT2D eigenvalue weighted by atomic mass is 16.4. The Balaban J connectivity index is 3.91. The second kappa shape index (κ2) is 8.63. The fourth-order valence-corrected chi connectivity index (χ4v) is 1.59. The Hall–Kier alpha value is -1.43. The van der Waals surface area contributed by atoms with E-state index >= 15 is 0 Å². The largest absolute Gasteiger partial charge is 0.480 e. The number of rotatable bonds is 9. The SMILES string of the molecule is CC(C)(C)NC(CCCNC(=O)CCC=O)C(=O)O. The Bertz CT molecular complexity index is 310. The number of carbonyl (C=O) groups is 3. The molecule has 0 saturated carbocycles. The van der Waals surface area contributed by atoms with Crippen LogP contribution in [0.4, 0.5) is 0 Å². The van der Waals surface area contributed by atoms with E-state index in [-0.39, 0.29) is 24.3 Å². The van der Waals surface area contributed by atoms with Crippen LogP contribution in [0, 0.1) is 0 Å². The van der Waals surface area contributed by atoms with Crippen molar-refractivity contribution in [3.63, 3.8) is 0 Å². The van der Waals surface area contributed by atoms with Crippen LogP contribution >= 0.6 is 0 Å². The van der Waals surface area contributed by atoms with Crippen LogP contribution in [0.3, 0.4) is 0 Å². The van der Waals surface area contributed by atoms with E-state index in [9.17, 15) is 14.4 Å². The molecule has 0 saturated heterocycles. The summed E-state index contributed by atoms with van der Waals surface area (Å²) < 4.78 is 0. The summed E-state index contributed by atoms with van der Waals surface area (Å²) in [5.74, 6) is -1.06. The van der Waals surface area contributed by atoms with Gasteiger partial charge in [-0.05, 0) is 33.6 Å². The maximum atomic E-state index is 11.2. The Morgan fingerprint density at radius 3 is 2.42 bits per heavy atom. The zero-order valence-corrected chi connectivity index (χ0v) is 11.9. The van der Waals surface area contributed by atoms with Gasteiger partial charge in [-0.1, -0.05) is 0 Å². The second-order valence-corrected chi connectivity index (χ2v) is 5.48. The van der Waals surface area contributed by atoms with Crippen LogP contribution in [0.1, 0.15) is 46.5 Å². The first-order chi connectivity index (χ1) is 8.76. The molecule has 0 aromatic heterocycles. The average Bonchev–Trinajstić information content (AvgIpc) is 2.28. The minimum Gasteiger partial charge on any atom is -0.480 e.